The summed E-state index contributed by atoms with van der Waals surface area (Å²) in [5.74, 6) is -4.27. The van der Waals surface area contributed by atoms with E-state index in [4.69, 9.17) is 20.5 Å². The zero-order chi connectivity index (χ0) is 19.8. The molecule has 0 saturated carbocycles. The number of nitrogens with two attached hydrogens (primary N) is 1. The van der Waals surface area contributed by atoms with Crippen molar-refractivity contribution in [2.45, 2.75) is 24.6 Å². The number of hydrogen-bond acceptors (Lipinski definition) is 11. The molecule has 0 spiro atoms. The zero-order valence-electron chi connectivity index (χ0n) is 13.4. The van der Waals surface area contributed by atoms with Crippen molar-refractivity contribution in [3.8, 4) is 0 Å². The molecule has 144 valence electrons. The van der Waals surface area contributed by atoms with Gasteiger partial charge in [0, 0.05) is 11.8 Å². The van der Waals surface area contributed by atoms with Gasteiger partial charge < -0.3 is 26.1 Å². The summed E-state index contributed by atoms with van der Waals surface area (Å²) >= 11 is 1.01. The predicted octanol–water partition coefficient (Wildman–Crippen LogP) is -1.72. The first kappa shape index (κ1) is 18.5. The SMILES string of the molecule is Nc1nc(/C(=N/O)C(=O)N[C@H]2CON(C3(C(=O)O)CCC(=O)O3)C2=O)cs1. The molecular weight excluding hydrogens is 386 g/mol. The Morgan fingerprint density at radius 3 is 2.74 bits per heavy atom. The van der Waals surface area contributed by atoms with Crippen molar-refractivity contribution in [1.29, 1.82) is 0 Å². The number of nitrogens with zero attached hydrogens (tertiary/aromatic N) is 3. The Bertz CT molecular complexity index is 854. The van der Waals surface area contributed by atoms with Crippen LogP contribution in [0.2, 0.25) is 0 Å². The van der Waals surface area contributed by atoms with Gasteiger partial charge in [0.2, 0.25) is 0 Å². The average Bonchev–Trinajstić information content (AvgIpc) is 3.30. The number of carboxylic acids is 1. The topological polar surface area (TPSA) is 194 Å². The number of thiazole rings is 1. The third kappa shape index (κ3) is 3.15. The van der Waals surface area contributed by atoms with Crippen molar-refractivity contribution < 1.29 is 39.1 Å². The number of aliphatic carboxylic acids is 1. The van der Waals surface area contributed by atoms with E-state index in [1.807, 2.05) is 0 Å². The first-order valence-corrected chi connectivity index (χ1v) is 8.33. The smallest absolute Gasteiger partial charge is 0.372 e. The number of aromatic nitrogens is 1. The molecule has 0 radical (unpaired) electrons. The van der Waals surface area contributed by atoms with Crippen molar-refractivity contribution in [2.75, 3.05) is 12.3 Å². The van der Waals surface area contributed by atoms with Crippen LogP contribution >= 0.6 is 11.3 Å². The molecular formula is C13H13N5O8S. The minimum Gasteiger partial charge on any atom is -0.477 e. The number of hydrogen-bond donors (Lipinski definition) is 4. The summed E-state index contributed by atoms with van der Waals surface area (Å²) in [6.07, 6.45) is -0.502. The molecule has 2 saturated heterocycles. The molecule has 2 aliphatic rings. The summed E-state index contributed by atoms with van der Waals surface area (Å²) < 4.78 is 4.80. The number of carbonyl (C=O) groups is 4. The lowest BCUT2D eigenvalue weighted by Crippen LogP contribution is -2.57. The Morgan fingerprint density at radius 1 is 1.48 bits per heavy atom. The third-order valence-electron chi connectivity index (χ3n) is 3.87. The second-order valence-electron chi connectivity index (χ2n) is 5.54. The van der Waals surface area contributed by atoms with Gasteiger partial charge in [-0.1, -0.05) is 5.16 Å². The molecule has 0 aromatic carbocycles. The lowest BCUT2D eigenvalue weighted by Gasteiger charge is -2.30. The maximum Gasteiger partial charge on any atom is 0.372 e. The molecule has 1 unspecified atom stereocenters. The molecule has 2 amide bonds. The number of anilines is 1. The van der Waals surface area contributed by atoms with Crippen LogP contribution in [0.3, 0.4) is 0 Å². The number of carbonyl (C=O) groups excluding carboxylic acids is 3. The van der Waals surface area contributed by atoms with E-state index in [0.717, 1.165) is 11.3 Å². The van der Waals surface area contributed by atoms with E-state index in [2.05, 4.69) is 15.5 Å². The minimum absolute atomic E-state index is 0.00699. The number of ether oxygens (including phenoxy) is 1. The van der Waals surface area contributed by atoms with E-state index in [1.54, 1.807) is 0 Å². The first-order chi connectivity index (χ1) is 12.8. The van der Waals surface area contributed by atoms with Gasteiger partial charge in [-0.05, 0) is 0 Å². The fraction of sp³-hybridized carbons (Fsp3) is 0.385. The molecule has 2 aliphatic heterocycles. The fourth-order valence-electron chi connectivity index (χ4n) is 2.59. The Labute approximate surface area is 154 Å². The van der Waals surface area contributed by atoms with E-state index in [-0.39, 0.29) is 23.7 Å². The predicted molar refractivity (Wildman–Crippen MR) is 85.3 cm³/mol. The lowest BCUT2D eigenvalue weighted by molar-refractivity contribution is -0.256. The number of nitrogen functional groups attached to an aromatic ring is 1. The van der Waals surface area contributed by atoms with Crippen LogP contribution in [-0.2, 0) is 28.8 Å². The molecule has 1 aromatic heterocycles. The molecule has 0 bridgehead atoms. The van der Waals surface area contributed by atoms with Gasteiger partial charge in [-0.2, -0.15) is 5.06 Å². The average molecular weight is 399 g/mol. The highest BCUT2D eigenvalue weighted by Crippen LogP contribution is 2.34. The van der Waals surface area contributed by atoms with Crippen LogP contribution in [0.15, 0.2) is 10.5 Å². The van der Waals surface area contributed by atoms with Gasteiger partial charge in [0.1, 0.15) is 18.3 Å². The normalized spacial score (nSPS) is 25.6. The number of rotatable bonds is 5. The van der Waals surface area contributed by atoms with Crippen molar-refractivity contribution in [3.05, 3.63) is 11.1 Å². The summed E-state index contributed by atoms with van der Waals surface area (Å²) in [6.45, 7) is -0.408. The Balaban J connectivity index is 1.74. The maximum absolute atomic E-state index is 12.5. The molecule has 3 rings (SSSR count). The highest BCUT2D eigenvalue weighted by molar-refractivity contribution is 7.13. The van der Waals surface area contributed by atoms with Gasteiger partial charge in [0.25, 0.3) is 11.8 Å². The molecule has 1 aromatic rings. The highest BCUT2D eigenvalue weighted by Gasteiger charge is 2.59. The van der Waals surface area contributed by atoms with E-state index in [1.165, 1.54) is 5.38 Å². The van der Waals surface area contributed by atoms with E-state index >= 15 is 0 Å². The van der Waals surface area contributed by atoms with Crippen molar-refractivity contribution in [2.24, 2.45) is 5.16 Å². The monoisotopic (exact) mass is 399 g/mol. The van der Waals surface area contributed by atoms with Gasteiger partial charge in [-0.25, -0.2) is 9.78 Å². The van der Waals surface area contributed by atoms with Gasteiger partial charge in [0.15, 0.2) is 10.8 Å². The van der Waals surface area contributed by atoms with Crippen LogP contribution in [0.1, 0.15) is 18.5 Å². The second-order valence-corrected chi connectivity index (χ2v) is 6.43. The van der Waals surface area contributed by atoms with Crippen LogP contribution in [0.25, 0.3) is 0 Å². The van der Waals surface area contributed by atoms with E-state index < -0.39 is 47.8 Å². The van der Waals surface area contributed by atoms with Gasteiger partial charge in [-0.3, -0.25) is 19.2 Å². The Morgan fingerprint density at radius 2 is 2.22 bits per heavy atom. The largest absolute Gasteiger partial charge is 0.477 e. The Hall–Kier alpha value is -3.26. The maximum atomic E-state index is 12.5. The summed E-state index contributed by atoms with van der Waals surface area (Å²) in [7, 11) is 0. The Kier molecular flexibility index (Phi) is 4.67. The number of amides is 2. The van der Waals surface area contributed by atoms with Gasteiger partial charge in [0.05, 0.1) is 6.42 Å². The van der Waals surface area contributed by atoms with Crippen molar-refractivity contribution >= 4 is 45.9 Å². The van der Waals surface area contributed by atoms with Crippen LogP contribution in [0, 0.1) is 0 Å². The van der Waals surface area contributed by atoms with Crippen LogP contribution in [0.5, 0.6) is 0 Å². The number of nitrogens with one attached hydrogen (secondary N) is 1. The van der Waals surface area contributed by atoms with Crippen molar-refractivity contribution in [1.82, 2.24) is 15.4 Å². The number of hydroxylamine groups is 2. The molecule has 13 nitrogen and oxygen atoms in total. The quantitative estimate of drug-likeness (QED) is 0.191. The van der Waals surface area contributed by atoms with Gasteiger partial charge >= 0.3 is 17.7 Å². The summed E-state index contributed by atoms with van der Waals surface area (Å²) in [5.41, 5.74) is 2.68. The molecule has 3 heterocycles. The standard InChI is InChI=1S/C13H13N5O8S/c14-12-16-6(4-27-12)8(17-24)9(20)15-5-3-25-18(10(5)21)13(11(22)23)2-1-7(19)26-13/h4-5,24H,1-3H2,(H2,14,16)(H,15,20)(H,22,23)/b17-8-/t5-,13?/m0/s1. The van der Waals surface area contributed by atoms with Gasteiger partial charge in [-0.15, -0.1) is 11.3 Å². The lowest BCUT2D eigenvalue weighted by atomic mass is 10.1. The molecule has 2 atom stereocenters. The summed E-state index contributed by atoms with van der Waals surface area (Å²) in [5, 5.41) is 25.5. The number of cyclic esters (lactones) is 1. The van der Waals surface area contributed by atoms with Crippen LogP contribution < -0.4 is 11.1 Å². The number of esters is 1. The molecule has 5 N–H and O–H groups in total. The summed E-state index contributed by atoms with van der Waals surface area (Å²) in [4.78, 5) is 56.6. The van der Waals surface area contributed by atoms with E-state index in [9.17, 15) is 24.3 Å². The minimum atomic E-state index is -2.29. The first-order valence-electron chi connectivity index (χ1n) is 7.45. The fourth-order valence-corrected chi connectivity index (χ4v) is 3.14. The van der Waals surface area contributed by atoms with Crippen LogP contribution in [0.4, 0.5) is 5.13 Å². The summed E-state index contributed by atoms with van der Waals surface area (Å²) in [6, 6.07) is -1.29. The number of carboxylic acid groups (broad SMARTS) is 1. The molecule has 27 heavy (non-hydrogen) atoms. The second kappa shape index (κ2) is 6.81. The zero-order valence-corrected chi connectivity index (χ0v) is 14.3. The number of oxime groups is 1. The van der Waals surface area contributed by atoms with E-state index in [0.29, 0.717) is 5.06 Å². The highest BCUT2D eigenvalue weighted by atomic mass is 32.1. The molecule has 0 aliphatic carbocycles. The molecule has 14 heteroatoms. The van der Waals surface area contributed by atoms with Crippen molar-refractivity contribution in [3.63, 3.8) is 0 Å². The van der Waals surface area contributed by atoms with Crippen LogP contribution in [-0.4, -0.2) is 68.2 Å². The molecule has 2 fully saturated rings. The third-order valence-corrected chi connectivity index (χ3v) is 4.54.